The summed E-state index contributed by atoms with van der Waals surface area (Å²) in [5.74, 6) is -1.02. The summed E-state index contributed by atoms with van der Waals surface area (Å²) in [7, 11) is -4.73. The van der Waals surface area contributed by atoms with Crippen LogP contribution < -0.4 is 16.1 Å². The molecule has 0 bridgehead atoms. The minimum Gasteiger partial charge on any atom is -0.462 e. The molecule has 5 N–H and O–H groups in total. The number of anilines is 1. The van der Waals surface area contributed by atoms with Gasteiger partial charge in [0.25, 0.3) is 0 Å². The van der Waals surface area contributed by atoms with Gasteiger partial charge in [-0.15, -0.1) is 11.3 Å². The number of urea groups is 1. The second kappa shape index (κ2) is 15.4. The number of esters is 1. The zero-order chi connectivity index (χ0) is 37.0. The molecule has 14 nitrogen and oxygen atoms in total. The summed E-state index contributed by atoms with van der Waals surface area (Å²) in [6.07, 6.45) is -2.22. The van der Waals surface area contributed by atoms with Gasteiger partial charge in [-0.1, -0.05) is 26.8 Å². The van der Waals surface area contributed by atoms with Crippen LogP contribution in [0.2, 0.25) is 0 Å². The van der Waals surface area contributed by atoms with Gasteiger partial charge in [-0.05, 0) is 36.1 Å². The number of aromatic nitrogens is 3. The van der Waals surface area contributed by atoms with E-state index >= 15 is 0 Å². The highest BCUT2D eigenvalue weighted by Gasteiger charge is 2.34. The Labute approximate surface area is 287 Å². The number of carbonyl (C=O) groups excluding carboxylic acids is 2. The average Bonchev–Trinajstić information content (AvgIpc) is 3.52. The Balaban J connectivity index is 1.88. The molecule has 0 aliphatic rings. The minimum absolute atomic E-state index is 0.00933. The number of phosphoric ester groups is 1. The van der Waals surface area contributed by atoms with Crippen molar-refractivity contribution >= 4 is 47.9 Å². The Morgan fingerprint density at radius 2 is 1.84 bits per heavy atom. The Kier molecular flexibility index (Phi) is 11.9. The van der Waals surface area contributed by atoms with Crippen molar-refractivity contribution in [2.24, 2.45) is 5.41 Å². The van der Waals surface area contributed by atoms with Crippen molar-refractivity contribution in [1.82, 2.24) is 19.9 Å². The van der Waals surface area contributed by atoms with Crippen LogP contribution in [0.25, 0.3) is 32.6 Å². The zero-order valence-corrected chi connectivity index (χ0v) is 29.0. The lowest BCUT2D eigenvalue weighted by molar-refractivity contribution is -0.140. The van der Waals surface area contributed by atoms with Crippen LogP contribution in [0.5, 0.6) is 0 Å². The molecule has 0 spiro atoms. The van der Waals surface area contributed by atoms with E-state index < -0.39 is 60.7 Å². The Bertz CT molecular complexity index is 1990. The van der Waals surface area contributed by atoms with E-state index in [-0.39, 0.29) is 47.0 Å². The third kappa shape index (κ3) is 9.32. The molecule has 4 aromatic rings. The smallest absolute Gasteiger partial charge is 0.462 e. The molecule has 0 aliphatic carbocycles. The molecule has 1 aromatic carbocycles. The number of benzene rings is 1. The molecule has 270 valence electrons. The van der Waals surface area contributed by atoms with Crippen LogP contribution in [-0.4, -0.2) is 67.8 Å². The maximum Gasteiger partial charge on any atom is 0.469 e. The van der Waals surface area contributed by atoms with Gasteiger partial charge in [0, 0.05) is 47.3 Å². The quantitative estimate of drug-likeness (QED) is 0.0689. The number of pyridine rings is 2. The Morgan fingerprint density at radius 1 is 1.12 bits per heavy atom. The van der Waals surface area contributed by atoms with Crippen molar-refractivity contribution in [1.29, 1.82) is 0 Å². The lowest BCUT2D eigenvalue weighted by Gasteiger charge is -2.33. The second-order valence-corrected chi connectivity index (χ2v) is 14.1. The van der Waals surface area contributed by atoms with Crippen LogP contribution in [0.4, 0.5) is 23.8 Å². The Hall–Kier alpha value is -4.19. The Morgan fingerprint density at radius 3 is 2.44 bits per heavy atom. The number of halogens is 3. The fourth-order valence-corrected chi connectivity index (χ4v) is 6.19. The maximum absolute atomic E-state index is 13.9. The molecule has 19 heteroatoms. The lowest BCUT2D eigenvalue weighted by Crippen LogP contribution is -2.31. The van der Waals surface area contributed by atoms with Crippen molar-refractivity contribution in [2.45, 2.75) is 46.3 Å². The molecular formula is C31H35F3N5O9PS. The van der Waals surface area contributed by atoms with Crippen LogP contribution >= 0.6 is 19.2 Å². The SMILES string of the molecule is CCNC(=O)Nc1cc(-c2nc(C(F)(F)F)cs2)c(-c2ccc3c(c2)c(=O)c(C(=O)OCCCOP(=O)(O)O)cn3[C@H](CO)C(C)(C)C)cn1. The topological polar surface area (TPSA) is 202 Å². The first kappa shape index (κ1) is 38.6. The average molecular weight is 742 g/mol. The summed E-state index contributed by atoms with van der Waals surface area (Å²) in [6.45, 7) is 6.42. The molecular weight excluding hydrogens is 706 g/mol. The number of fused-ring (bicyclic) bond motifs is 1. The molecule has 2 amide bonds. The fourth-order valence-electron chi connectivity index (χ4n) is 4.97. The molecule has 50 heavy (non-hydrogen) atoms. The second-order valence-electron chi connectivity index (χ2n) is 12.0. The van der Waals surface area contributed by atoms with E-state index in [1.54, 1.807) is 23.6 Å². The highest BCUT2D eigenvalue weighted by molar-refractivity contribution is 7.46. The van der Waals surface area contributed by atoms with E-state index in [9.17, 15) is 37.2 Å². The number of carbonyl (C=O) groups is 2. The number of aliphatic hydroxyl groups excluding tert-OH is 1. The molecule has 0 unspecified atom stereocenters. The normalized spacial score (nSPS) is 12.9. The number of hydrogen-bond acceptors (Lipinski definition) is 10. The number of rotatable bonds is 12. The molecule has 1 atom stereocenters. The molecule has 4 rings (SSSR count). The number of ether oxygens (including phenoxy) is 1. The van der Waals surface area contributed by atoms with E-state index in [0.717, 1.165) is 16.7 Å². The van der Waals surface area contributed by atoms with Crippen molar-refractivity contribution in [3.8, 4) is 21.7 Å². The number of alkyl halides is 3. The molecule has 0 saturated carbocycles. The zero-order valence-electron chi connectivity index (χ0n) is 27.3. The van der Waals surface area contributed by atoms with Crippen LogP contribution in [0.15, 0.2) is 46.8 Å². The molecule has 3 aromatic heterocycles. The molecule has 0 aliphatic heterocycles. The van der Waals surface area contributed by atoms with Gasteiger partial charge in [0.05, 0.1) is 31.4 Å². The molecule has 0 saturated heterocycles. The van der Waals surface area contributed by atoms with Crippen LogP contribution in [0, 0.1) is 5.41 Å². The van der Waals surface area contributed by atoms with Gasteiger partial charge < -0.3 is 29.5 Å². The van der Waals surface area contributed by atoms with E-state index in [1.165, 1.54) is 24.5 Å². The number of thiazole rings is 1. The van der Waals surface area contributed by atoms with Crippen molar-refractivity contribution in [3.63, 3.8) is 0 Å². The number of nitrogens with one attached hydrogen (secondary N) is 2. The predicted octanol–water partition coefficient (Wildman–Crippen LogP) is 5.58. The fraction of sp³-hybridized carbons (Fsp3) is 0.387. The number of phosphoric acid groups is 1. The van der Waals surface area contributed by atoms with Gasteiger partial charge in [0.2, 0.25) is 5.43 Å². The first-order chi connectivity index (χ1) is 23.3. The summed E-state index contributed by atoms with van der Waals surface area (Å²) in [5, 5.41) is 16.3. The monoisotopic (exact) mass is 741 g/mol. The molecule has 0 fully saturated rings. The first-order valence-electron chi connectivity index (χ1n) is 15.1. The van der Waals surface area contributed by atoms with Crippen LogP contribution in [-0.2, 0) is 20.0 Å². The van der Waals surface area contributed by atoms with Gasteiger partial charge in [-0.2, -0.15) is 13.2 Å². The van der Waals surface area contributed by atoms with Crippen molar-refractivity contribution < 1.29 is 51.5 Å². The number of amides is 2. The van der Waals surface area contributed by atoms with Gasteiger partial charge in [0.1, 0.15) is 16.4 Å². The largest absolute Gasteiger partial charge is 0.469 e. The van der Waals surface area contributed by atoms with E-state index in [2.05, 4.69) is 25.1 Å². The van der Waals surface area contributed by atoms with Gasteiger partial charge in [-0.25, -0.2) is 24.1 Å². The van der Waals surface area contributed by atoms with Crippen LogP contribution in [0.3, 0.4) is 0 Å². The van der Waals surface area contributed by atoms with E-state index in [4.69, 9.17) is 14.5 Å². The lowest BCUT2D eigenvalue weighted by atomic mass is 9.86. The summed E-state index contributed by atoms with van der Waals surface area (Å²) in [6, 6.07) is 4.73. The highest BCUT2D eigenvalue weighted by Crippen LogP contribution is 2.40. The number of nitrogens with zero attached hydrogens (tertiary/aromatic N) is 3. The van der Waals surface area contributed by atoms with Gasteiger partial charge >= 0.3 is 26.0 Å². The summed E-state index contributed by atoms with van der Waals surface area (Å²) >= 11 is 0.719. The molecule has 3 heterocycles. The summed E-state index contributed by atoms with van der Waals surface area (Å²) < 4.78 is 62.6. The van der Waals surface area contributed by atoms with Crippen LogP contribution in [0.1, 0.15) is 56.2 Å². The summed E-state index contributed by atoms with van der Waals surface area (Å²) in [4.78, 5) is 65.0. The maximum atomic E-state index is 13.9. The standard InChI is InChI=1S/C31H35F3N5O9PS/c1-5-35-29(43)38-25-12-18(27-37-23(16-50-27)31(32,33)34)20(13-36-25)17-7-8-22-19(11-17)26(41)21(14-39(22)24(15-40)30(2,3)4)28(42)47-9-6-10-48-49(44,45)46/h7-8,11-14,16,24,40H,5-6,9-10,15H2,1-4H3,(H2,44,45,46)(H2,35,36,38,43)/t24-/m1/s1. The third-order valence-corrected chi connectivity index (χ3v) is 8.76. The highest BCUT2D eigenvalue weighted by atomic mass is 32.1. The number of hydrogen-bond donors (Lipinski definition) is 5. The molecule has 0 radical (unpaired) electrons. The van der Waals surface area contributed by atoms with Gasteiger partial charge in [-0.3, -0.25) is 14.6 Å². The third-order valence-electron chi connectivity index (χ3n) is 7.36. The summed E-state index contributed by atoms with van der Waals surface area (Å²) in [5.41, 5.74) is -1.78. The minimum atomic E-state index is -4.73. The first-order valence-corrected chi connectivity index (χ1v) is 17.5. The number of aliphatic hydroxyl groups is 1. The van der Waals surface area contributed by atoms with E-state index in [1.807, 2.05) is 20.8 Å². The van der Waals surface area contributed by atoms with E-state index in [0.29, 0.717) is 17.6 Å². The van der Waals surface area contributed by atoms with Crippen molar-refractivity contribution in [2.75, 3.05) is 31.7 Å². The van der Waals surface area contributed by atoms with Gasteiger partial charge in [0.15, 0.2) is 5.69 Å². The predicted molar refractivity (Wildman–Crippen MR) is 179 cm³/mol. The van der Waals surface area contributed by atoms with Crippen molar-refractivity contribution in [3.05, 3.63) is 63.5 Å².